The summed E-state index contributed by atoms with van der Waals surface area (Å²) in [5.41, 5.74) is 0. The van der Waals surface area contributed by atoms with E-state index < -0.39 is 10.0 Å². The molecule has 0 amide bonds. The third-order valence-corrected chi connectivity index (χ3v) is 7.40. The smallest absolute Gasteiger partial charge is 0.214 e. The molecule has 0 aliphatic carbocycles. The average Bonchev–Trinajstić information content (AvgIpc) is 2.67. The first-order valence-corrected chi connectivity index (χ1v) is 11.5. The molecule has 0 aromatic carbocycles. The maximum atomic E-state index is 12.3. The summed E-state index contributed by atoms with van der Waals surface area (Å²) < 4.78 is 26.2. The molecule has 1 aromatic heterocycles. The lowest BCUT2D eigenvalue weighted by molar-refractivity contribution is 0.382. The van der Waals surface area contributed by atoms with Gasteiger partial charge in [0.1, 0.15) is 0 Å². The number of piperidine rings is 1. The standard InChI is InChI=1S/C18H31N5O2S/c1-3-4-15-26(24,25)22-13-11-21(12-14-22)17-8-9-18(20-19-17)23-10-6-5-7-16(23)2/h8-9,16H,3-7,10-15H2,1-2H3. The van der Waals surface area contributed by atoms with E-state index in [-0.39, 0.29) is 5.75 Å². The van der Waals surface area contributed by atoms with Crippen LogP contribution in [0.4, 0.5) is 11.6 Å². The van der Waals surface area contributed by atoms with E-state index in [0.717, 1.165) is 31.0 Å². The Labute approximate surface area is 157 Å². The summed E-state index contributed by atoms with van der Waals surface area (Å²) in [7, 11) is -3.11. The fraction of sp³-hybridized carbons (Fsp3) is 0.778. The van der Waals surface area contributed by atoms with Gasteiger partial charge >= 0.3 is 0 Å². The number of nitrogens with zero attached hydrogens (tertiary/aromatic N) is 5. The molecule has 2 fully saturated rings. The lowest BCUT2D eigenvalue weighted by atomic mass is 10.0. The van der Waals surface area contributed by atoms with Gasteiger partial charge in [-0.15, -0.1) is 10.2 Å². The van der Waals surface area contributed by atoms with Crippen LogP contribution in [0.15, 0.2) is 12.1 Å². The van der Waals surface area contributed by atoms with Crippen LogP contribution < -0.4 is 9.80 Å². The van der Waals surface area contributed by atoms with Gasteiger partial charge in [-0.05, 0) is 44.7 Å². The first-order chi connectivity index (χ1) is 12.5. The van der Waals surface area contributed by atoms with E-state index in [1.165, 1.54) is 19.3 Å². The van der Waals surface area contributed by atoms with E-state index in [2.05, 4.69) is 33.0 Å². The van der Waals surface area contributed by atoms with Crippen molar-refractivity contribution in [1.82, 2.24) is 14.5 Å². The fourth-order valence-electron chi connectivity index (χ4n) is 3.73. The van der Waals surface area contributed by atoms with Gasteiger partial charge in [0.05, 0.1) is 5.75 Å². The van der Waals surface area contributed by atoms with Crippen LogP contribution in [0.2, 0.25) is 0 Å². The van der Waals surface area contributed by atoms with Gasteiger partial charge in [-0.25, -0.2) is 8.42 Å². The van der Waals surface area contributed by atoms with Crippen molar-refractivity contribution in [2.45, 2.75) is 52.0 Å². The number of hydrogen-bond donors (Lipinski definition) is 0. The van der Waals surface area contributed by atoms with Crippen molar-refractivity contribution in [3.05, 3.63) is 12.1 Å². The molecular formula is C18H31N5O2S. The van der Waals surface area contributed by atoms with Gasteiger partial charge in [0.25, 0.3) is 0 Å². The number of unbranched alkanes of at least 4 members (excludes halogenated alkanes) is 1. The summed E-state index contributed by atoms with van der Waals surface area (Å²) in [6.45, 7) is 7.69. The molecule has 26 heavy (non-hydrogen) atoms. The van der Waals surface area contributed by atoms with Gasteiger partial charge in [0.2, 0.25) is 10.0 Å². The van der Waals surface area contributed by atoms with Crippen LogP contribution in [0, 0.1) is 0 Å². The van der Waals surface area contributed by atoms with Gasteiger partial charge in [-0.1, -0.05) is 13.3 Å². The largest absolute Gasteiger partial charge is 0.352 e. The molecular weight excluding hydrogens is 350 g/mol. The predicted octanol–water partition coefficient (Wildman–Crippen LogP) is 2.11. The highest BCUT2D eigenvalue weighted by atomic mass is 32.2. The molecule has 2 aliphatic heterocycles. The molecule has 2 saturated heterocycles. The molecule has 3 heterocycles. The van der Waals surface area contributed by atoms with Crippen LogP contribution in [0.1, 0.15) is 46.0 Å². The first kappa shape index (κ1) is 19.4. The normalized spacial score (nSPS) is 22.6. The summed E-state index contributed by atoms with van der Waals surface area (Å²) in [5, 5.41) is 8.85. The Hall–Kier alpha value is -1.41. The fourth-order valence-corrected chi connectivity index (χ4v) is 5.36. The first-order valence-electron chi connectivity index (χ1n) is 9.84. The monoisotopic (exact) mass is 381 g/mol. The number of anilines is 2. The summed E-state index contributed by atoms with van der Waals surface area (Å²) in [5.74, 6) is 2.04. The van der Waals surface area contributed by atoms with Crippen molar-refractivity contribution in [1.29, 1.82) is 0 Å². The Morgan fingerprint density at radius 1 is 1.04 bits per heavy atom. The van der Waals surface area contributed by atoms with Crippen LogP contribution in [-0.4, -0.2) is 67.4 Å². The minimum Gasteiger partial charge on any atom is -0.352 e. The van der Waals surface area contributed by atoms with Crippen LogP contribution in [0.5, 0.6) is 0 Å². The third-order valence-electron chi connectivity index (χ3n) is 5.45. The molecule has 3 rings (SSSR count). The van der Waals surface area contributed by atoms with Crippen molar-refractivity contribution in [3.8, 4) is 0 Å². The Bertz CT molecular complexity index is 671. The van der Waals surface area contributed by atoms with E-state index in [4.69, 9.17) is 0 Å². The topological polar surface area (TPSA) is 69.6 Å². The van der Waals surface area contributed by atoms with Crippen molar-refractivity contribution >= 4 is 21.7 Å². The lowest BCUT2D eigenvalue weighted by Crippen LogP contribution is -2.49. The van der Waals surface area contributed by atoms with Crippen LogP contribution in [0.25, 0.3) is 0 Å². The molecule has 0 bridgehead atoms. The molecule has 1 unspecified atom stereocenters. The molecule has 1 atom stereocenters. The Kier molecular flexibility index (Phi) is 6.34. The van der Waals surface area contributed by atoms with Crippen molar-refractivity contribution in [3.63, 3.8) is 0 Å². The summed E-state index contributed by atoms with van der Waals surface area (Å²) in [6, 6.07) is 4.58. The maximum Gasteiger partial charge on any atom is 0.214 e. The molecule has 8 heteroatoms. The molecule has 146 valence electrons. The molecule has 0 spiro atoms. The molecule has 1 aromatic rings. The Balaban J connectivity index is 1.58. The van der Waals surface area contributed by atoms with Gasteiger partial charge in [0.15, 0.2) is 11.6 Å². The molecule has 0 saturated carbocycles. The summed E-state index contributed by atoms with van der Waals surface area (Å²) in [6.07, 6.45) is 5.33. The predicted molar refractivity (Wildman–Crippen MR) is 105 cm³/mol. The SMILES string of the molecule is CCCCS(=O)(=O)N1CCN(c2ccc(N3CCCCC3C)nn2)CC1. The third kappa shape index (κ3) is 4.46. The molecule has 2 aliphatic rings. The number of piperazine rings is 1. The Morgan fingerprint density at radius 3 is 2.35 bits per heavy atom. The minimum atomic E-state index is -3.11. The van der Waals surface area contributed by atoms with Crippen molar-refractivity contribution < 1.29 is 8.42 Å². The van der Waals surface area contributed by atoms with Crippen LogP contribution in [-0.2, 0) is 10.0 Å². The quantitative estimate of drug-likeness (QED) is 0.752. The number of hydrogen-bond acceptors (Lipinski definition) is 6. The van der Waals surface area contributed by atoms with E-state index in [1.54, 1.807) is 4.31 Å². The van der Waals surface area contributed by atoms with Crippen LogP contribution >= 0.6 is 0 Å². The highest BCUT2D eigenvalue weighted by molar-refractivity contribution is 7.89. The molecule has 7 nitrogen and oxygen atoms in total. The van der Waals surface area contributed by atoms with Gasteiger partial charge in [-0.2, -0.15) is 4.31 Å². The lowest BCUT2D eigenvalue weighted by Gasteiger charge is -2.35. The van der Waals surface area contributed by atoms with Gasteiger partial charge in [-0.3, -0.25) is 0 Å². The second-order valence-corrected chi connectivity index (χ2v) is 9.43. The summed E-state index contributed by atoms with van der Waals surface area (Å²) >= 11 is 0. The maximum absolute atomic E-state index is 12.3. The molecule has 0 radical (unpaired) electrons. The number of sulfonamides is 1. The second-order valence-electron chi connectivity index (χ2n) is 7.34. The zero-order valence-corrected chi connectivity index (χ0v) is 16.8. The van der Waals surface area contributed by atoms with Crippen molar-refractivity contribution in [2.75, 3.05) is 48.3 Å². The zero-order valence-electron chi connectivity index (χ0n) is 16.0. The number of aromatic nitrogens is 2. The van der Waals surface area contributed by atoms with E-state index in [9.17, 15) is 8.42 Å². The number of rotatable bonds is 6. The van der Waals surface area contributed by atoms with Gasteiger partial charge in [0, 0.05) is 38.8 Å². The second kappa shape index (κ2) is 8.52. The minimum absolute atomic E-state index is 0.256. The van der Waals surface area contributed by atoms with Gasteiger partial charge < -0.3 is 9.80 Å². The van der Waals surface area contributed by atoms with E-state index >= 15 is 0 Å². The average molecular weight is 382 g/mol. The van der Waals surface area contributed by atoms with Crippen molar-refractivity contribution in [2.24, 2.45) is 0 Å². The summed E-state index contributed by atoms with van der Waals surface area (Å²) in [4.78, 5) is 4.46. The zero-order chi connectivity index (χ0) is 18.6. The Morgan fingerprint density at radius 2 is 1.73 bits per heavy atom. The molecule has 0 N–H and O–H groups in total. The highest BCUT2D eigenvalue weighted by Crippen LogP contribution is 2.24. The van der Waals surface area contributed by atoms with E-state index in [1.807, 2.05) is 13.0 Å². The highest BCUT2D eigenvalue weighted by Gasteiger charge is 2.27. The van der Waals surface area contributed by atoms with Crippen LogP contribution in [0.3, 0.4) is 0 Å². The van der Waals surface area contributed by atoms with E-state index in [0.29, 0.717) is 32.2 Å².